The van der Waals surface area contributed by atoms with E-state index in [0.717, 1.165) is 43.3 Å². The van der Waals surface area contributed by atoms with E-state index in [1.807, 2.05) is 0 Å². The van der Waals surface area contributed by atoms with Gasteiger partial charge in [-0.05, 0) is 29.7 Å². The van der Waals surface area contributed by atoms with Crippen LogP contribution in [0.2, 0.25) is 0 Å². The molecule has 0 radical (unpaired) electrons. The molecule has 0 saturated heterocycles. The van der Waals surface area contributed by atoms with E-state index < -0.39 is 7.14 Å². The summed E-state index contributed by atoms with van der Waals surface area (Å²) in [5, 5.41) is 3.52. The molecular formula is C18H25OP. The average Bonchev–Trinajstić information content (AvgIpc) is 2.50. The first kappa shape index (κ1) is 15.3. The van der Waals surface area contributed by atoms with E-state index in [9.17, 15) is 4.57 Å². The van der Waals surface area contributed by atoms with Gasteiger partial charge in [-0.3, -0.25) is 0 Å². The molecule has 0 aliphatic carbocycles. The minimum absolute atomic E-state index is 0.863. The van der Waals surface area contributed by atoms with Gasteiger partial charge in [-0.25, -0.2) is 0 Å². The molecule has 2 rings (SSSR count). The zero-order chi connectivity index (χ0) is 14.4. The van der Waals surface area contributed by atoms with Crippen LogP contribution in [0.25, 0.3) is 10.8 Å². The second kappa shape index (κ2) is 7.09. The summed E-state index contributed by atoms with van der Waals surface area (Å²) < 4.78 is 13.4. The standard InChI is InChI=1S/C18H25OP/c1-3-5-13-20(19,14-6-4-2)18-12-11-16-9-7-8-10-17(16)15-18/h7-12,15H,3-6,13-14H2,1-2H3. The summed E-state index contributed by atoms with van der Waals surface area (Å²) in [5.41, 5.74) is 0. The van der Waals surface area contributed by atoms with Crippen molar-refractivity contribution >= 4 is 23.2 Å². The third-order valence-corrected chi connectivity index (χ3v) is 7.25. The topological polar surface area (TPSA) is 17.1 Å². The molecular weight excluding hydrogens is 263 g/mol. The van der Waals surface area contributed by atoms with Crippen molar-refractivity contribution in [3.63, 3.8) is 0 Å². The quantitative estimate of drug-likeness (QED) is 0.621. The molecule has 0 aliphatic heterocycles. The smallest absolute Gasteiger partial charge is 0.115 e. The molecule has 0 fully saturated rings. The summed E-state index contributed by atoms with van der Waals surface area (Å²) in [7, 11) is -2.21. The Hall–Kier alpha value is -1.07. The third-order valence-electron chi connectivity index (χ3n) is 3.95. The van der Waals surface area contributed by atoms with Gasteiger partial charge in [-0.15, -0.1) is 0 Å². The molecule has 108 valence electrons. The molecule has 0 heterocycles. The number of unbranched alkanes of at least 4 members (excludes halogenated alkanes) is 2. The molecule has 0 spiro atoms. The Morgan fingerprint density at radius 2 is 1.45 bits per heavy atom. The van der Waals surface area contributed by atoms with Crippen LogP contribution in [0.4, 0.5) is 0 Å². The van der Waals surface area contributed by atoms with Crippen LogP contribution < -0.4 is 5.30 Å². The normalized spacial score (nSPS) is 11.9. The molecule has 0 saturated carbocycles. The van der Waals surface area contributed by atoms with Crippen LogP contribution >= 0.6 is 7.14 Å². The largest absolute Gasteiger partial charge is 0.319 e. The first-order valence-corrected chi connectivity index (χ1v) is 9.85. The van der Waals surface area contributed by atoms with Crippen LogP contribution in [-0.4, -0.2) is 12.3 Å². The molecule has 0 N–H and O–H groups in total. The van der Waals surface area contributed by atoms with E-state index in [1.54, 1.807) is 0 Å². The van der Waals surface area contributed by atoms with E-state index in [4.69, 9.17) is 0 Å². The first-order chi connectivity index (χ1) is 9.69. The van der Waals surface area contributed by atoms with Crippen molar-refractivity contribution in [2.75, 3.05) is 12.3 Å². The minimum atomic E-state index is -2.21. The van der Waals surface area contributed by atoms with Crippen molar-refractivity contribution in [2.45, 2.75) is 39.5 Å². The maximum atomic E-state index is 13.4. The lowest BCUT2D eigenvalue weighted by molar-refractivity contribution is 0.576. The van der Waals surface area contributed by atoms with Gasteiger partial charge in [0.15, 0.2) is 0 Å². The summed E-state index contributed by atoms with van der Waals surface area (Å²) >= 11 is 0. The molecule has 2 aromatic carbocycles. The molecule has 0 aromatic heterocycles. The van der Waals surface area contributed by atoms with Crippen molar-refractivity contribution in [1.29, 1.82) is 0 Å². The summed E-state index contributed by atoms with van der Waals surface area (Å²) in [5.74, 6) is 0. The maximum Gasteiger partial charge on any atom is 0.115 e. The van der Waals surface area contributed by atoms with Gasteiger partial charge in [0.2, 0.25) is 0 Å². The van der Waals surface area contributed by atoms with Crippen LogP contribution in [-0.2, 0) is 4.57 Å². The van der Waals surface area contributed by atoms with Crippen molar-refractivity contribution in [2.24, 2.45) is 0 Å². The summed E-state index contributed by atoms with van der Waals surface area (Å²) in [6, 6.07) is 14.7. The molecule has 0 unspecified atom stereocenters. The second-order valence-electron chi connectivity index (χ2n) is 5.58. The van der Waals surface area contributed by atoms with Crippen LogP contribution in [0.15, 0.2) is 42.5 Å². The number of hydrogen-bond acceptors (Lipinski definition) is 1. The van der Waals surface area contributed by atoms with Gasteiger partial charge < -0.3 is 4.57 Å². The lowest BCUT2D eigenvalue weighted by Gasteiger charge is -2.19. The summed E-state index contributed by atoms with van der Waals surface area (Å²) in [4.78, 5) is 0. The van der Waals surface area contributed by atoms with Gasteiger partial charge in [-0.2, -0.15) is 0 Å². The lowest BCUT2D eigenvalue weighted by atomic mass is 10.1. The Morgan fingerprint density at radius 3 is 2.05 bits per heavy atom. The van der Waals surface area contributed by atoms with Gasteiger partial charge in [0.1, 0.15) is 7.14 Å². The molecule has 20 heavy (non-hydrogen) atoms. The van der Waals surface area contributed by atoms with Gasteiger partial charge in [0, 0.05) is 17.6 Å². The summed E-state index contributed by atoms with van der Waals surface area (Å²) in [6.45, 7) is 4.34. The van der Waals surface area contributed by atoms with E-state index in [2.05, 4.69) is 56.3 Å². The minimum Gasteiger partial charge on any atom is -0.319 e. The van der Waals surface area contributed by atoms with Gasteiger partial charge in [0.25, 0.3) is 0 Å². The van der Waals surface area contributed by atoms with E-state index >= 15 is 0 Å². The second-order valence-corrected chi connectivity index (χ2v) is 8.76. The molecule has 0 aliphatic rings. The summed E-state index contributed by atoms with van der Waals surface area (Å²) in [6.07, 6.45) is 6.08. The Bertz CT molecular complexity index is 591. The zero-order valence-electron chi connectivity index (χ0n) is 12.6. The fourth-order valence-electron chi connectivity index (χ4n) is 2.63. The van der Waals surface area contributed by atoms with Crippen LogP contribution in [0, 0.1) is 0 Å². The first-order valence-electron chi connectivity index (χ1n) is 7.77. The van der Waals surface area contributed by atoms with Crippen molar-refractivity contribution in [3.8, 4) is 0 Å². The number of hydrogen-bond donors (Lipinski definition) is 0. The monoisotopic (exact) mass is 288 g/mol. The highest BCUT2D eigenvalue weighted by Gasteiger charge is 2.23. The predicted octanol–water partition coefficient (Wildman–Crippen LogP) is 5.43. The van der Waals surface area contributed by atoms with Crippen LogP contribution in [0.3, 0.4) is 0 Å². The Kier molecular flexibility index (Phi) is 5.43. The lowest BCUT2D eigenvalue weighted by Crippen LogP contribution is -2.11. The van der Waals surface area contributed by atoms with Gasteiger partial charge >= 0.3 is 0 Å². The Labute approximate surface area is 122 Å². The fourth-order valence-corrected chi connectivity index (χ4v) is 5.74. The van der Waals surface area contributed by atoms with E-state index in [1.165, 1.54) is 10.8 Å². The highest BCUT2D eigenvalue weighted by molar-refractivity contribution is 7.71. The van der Waals surface area contributed by atoms with Gasteiger partial charge in [0.05, 0.1) is 0 Å². The highest BCUT2D eigenvalue weighted by atomic mass is 31.2. The van der Waals surface area contributed by atoms with Crippen LogP contribution in [0.5, 0.6) is 0 Å². The molecule has 1 nitrogen and oxygen atoms in total. The number of benzene rings is 2. The van der Waals surface area contributed by atoms with Crippen LogP contribution in [0.1, 0.15) is 39.5 Å². The van der Waals surface area contributed by atoms with Gasteiger partial charge in [-0.1, -0.05) is 63.1 Å². The number of fused-ring (bicyclic) bond motifs is 1. The molecule has 0 atom stereocenters. The highest BCUT2D eigenvalue weighted by Crippen LogP contribution is 2.46. The maximum absolute atomic E-state index is 13.4. The fraction of sp³-hybridized carbons (Fsp3) is 0.444. The SMILES string of the molecule is CCCCP(=O)(CCCC)c1ccc2ccccc2c1. The molecule has 0 amide bonds. The molecule has 2 aromatic rings. The van der Waals surface area contributed by atoms with Crippen molar-refractivity contribution < 1.29 is 4.57 Å². The third kappa shape index (κ3) is 3.52. The predicted molar refractivity (Wildman–Crippen MR) is 90.7 cm³/mol. The number of rotatable bonds is 7. The van der Waals surface area contributed by atoms with E-state index in [-0.39, 0.29) is 0 Å². The Morgan fingerprint density at radius 1 is 0.850 bits per heavy atom. The zero-order valence-corrected chi connectivity index (χ0v) is 13.5. The van der Waals surface area contributed by atoms with Crippen molar-refractivity contribution in [1.82, 2.24) is 0 Å². The van der Waals surface area contributed by atoms with E-state index in [0.29, 0.717) is 0 Å². The van der Waals surface area contributed by atoms with Crippen molar-refractivity contribution in [3.05, 3.63) is 42.5 Å². The molecule has 0 bridgehead atoms. The molecule has 2 heteroatoms. The average molecular weight is 288 g/mol. The Balaban J connectivity index is 2.36.